The van der Waals surface area contributed by atoms with Gasteiger partial charge in [-0.15, -0.1) is 0 Å². The molecule has 1 aliphatic rings. The molecule has 1 aromatic carbocycles. The summed E-state index contributed by atoms with van der Waals surface area (Å²) in [6, 6.07) is 9.19. The highest BCUT2D eigenvalue weighted by Crippen LogP contribution is 2.22. The monoisotopic (exact) mass is 358 g/mol. The molecule has 0 bridgehead atoms. The second kappa shape index (κ2) is 7.90. The van der Waals surface area contributed by atoms with Crippen molar-refractivity contribution in [3.8, 4) is 17.6 Å². The zero-order chi connectivity index (χ0) is 18.5. The molecule has 138 valence electrons. The zero-order valence-corrected chi connectivity index (χ0v) is 15.1. The summed E-state index contributed by atoms with van der Waals surface area (Å²) in [6.45, 7) is 2.56. The highest BCUT2D eigenvalue weighted by molar-refractivity contribution is 5.94. The molecule has 3 rings (SSSR count). The Morgan fingerprint density at radius 3 is 2.19 bits per heavy atom. The number of hydrogen-bond donors (Lipinski definition) is 0. The molecule has 1 amide bonds. The Bertz CT molecular complexity index is 736. The van der Waals surface area contributed by atoms with Crippen LogP contribution in [0.5, 0.6) is 17.6 Å². The van der Waals surface area contributed by atoms with Crippen LogP contribution in [0, 0.1) is 0 Å². The number of nitrogens with zero attached hydrogens (tertiary/aromatic N) is 4. The summed E-state index contributed by atoms with van der Waals surface area (Å²) in [5.74, 6) is 1.93. The molecular formula is C18H22N4O4. The van der Waals surface area contributed by atoms with E-state index in [0.717, 1.165) is 11.6 Å². The van der Waals surface area contributed by atoms with Gasteiger partial charge in [-0.3, -0.25) is 4.79 Å². The third-order valence-corrected chi connectivity index (χ3v) is 4.29. The maximum absolute atomic E-state index is 12.6. The van der Waals surface area contributed by atoms with Gasteiger partial charge in [-0.05, 0) is 24.3 Å². The van der Waals surface area contributed by atoms with Gasteiger partial charge in [0.2, 0.25) is 5.88 Å². The topological polar surface area (TPSA) is 77.0 Å². The van der Waals surface area contributed by atoms with E-state index in [1.165, 1.54) is 7.11 Å². The normalized spacial score (nSPS) is 14.1. The third-order valence-electron chi connectivity index (χ3n) is 4.29. The molecule has 26 heavy (non-hydrogen) atoms. The molecular weight excluding hydrogens is 336 g/mol. The van der Waals surface area contributed by atoms with Crippen molar-refractivity contribution in [1.29, 1.82) is 0 Å². The van der Waals surface area contributed by atoms with E-state index in [0.29, 0.717) is 37.6 Å². The quantitative estimate of drug-likeness (QED) is 0.801. The average Bonchev–Trinajstić information content (AvgIpc) is 2.73. The number of piperazine rings is 1. The lowest BCUT2D eigenvalue weighted by atomic mass is 10.1. The summed E-state index contributed by atoms with van der Waals surface area (Å²) in [6.07, 6.45) is 0. The van der Waals surface area contributed by atoms with Gasteiger partial charge in [-0.2, -0.15) is 9.97 Å². The van der Waals surface area contributed by atoms with Gasteiger partial charge in [0.1, 0.15) is 11.6 Å². The van der Waals surface area contributed by atoms with Crippen molar-refractivity contribution in [1.82, 2.24) is 14.9 Å². The molecule has 0 N–H and O–H groups in total. The highest BCUT2D eigenvalue weighted by atomic mass is 16.5. The van der Waals surface area contributed by atoms with Gasteiger partial charge in [0.15, 0.2) is 0 Å². The Kier molecular flexibility index (Phi) is 5.40. The fourth-order valence-electron chi connectivity index (χ4n) is 2.80. The first-order chi connectivity index (χ1) is 12.6. The van der Waals surface area contributed by atoms with Crippen molar-refractivity contribution < 1.29 is 19.0 Å². The number of amides is 1. The fraction of sp³-hybridized carbons (Fsp3) is 0.389. The Morgan fingerprint density at radius 2 is 1.62 bits per heavy atom. The molecule has 1 aromatic heterocycles. The maximum Gasteiger partial charge on any atom is 0.321 e. The van der Waals surface area contributed by atoms with Gasteiger partial charge in [0.05, 0.1) is 21.3 Å². The number of carbonyl (C=O) groups excluding carboxylic acids is 1. The van der Waals surface area contributed by atoms with E-state index in [9.17, 15) is 4.79 Å². The summed E-state index contributed by atoms with van der Waals surface area (Å²) < 4.78 is 15.4. The van der Waals surface area contributed by atoms with E-state index in [1.807, 2.05) is 4.90 Å². The van der Waals surface area contributed by atoms with Gasteiger partial charge >= 0.3 is 6.01 Å². The van der Waals surface area contributed by atoms with Crippen molar-refractivity contribution in [2.45, 2.75) is 0 Å². The van der Waals surface area contributed by atoms with Crippen LogP contribution in [0.3, 0.4) is 0 Å². The maximum atomic E-state index is 12.6. The minimum atomic E-state index is 0.0187. The molecule has 0 atom stereocenters. The first kappa shape index (κ1) is 17.8. The molecule has 0 saturated carbocycles. The lowest BCUT2D eigenvalue weighted by Gasteiger charge is -2.35. The van der Waals surface area contributed by atoms with Crippen molar-refractivity contribution in [2.24, 2.45) is 0 Å². The van der Waals surface area contributed by atoms with Crippen LogP contribution in [0.25, 0.3) is 0 Å². The van der Waals surface area contributed by atoms with E-state index in [2.05, 4.69) is 14.9 Å². The number of benzene rings is 1. The molecule has 0 radical (unpaired) electrons. The van der Waals surface area contributed by atoms with Crippen molar-refractivity contribution in [3.63, 3.8) is 0 Å². The Labute approximate surface area is 152 Å². The summed E-state index contributed by atoms with van der Waals surface area (Å²) in [5, 5.41) is 0. The number of anilines is 1. The van der Waals surface area contributed by atoms with Crippen LogP contribution < -0.4 is 19.1 Å². The third kappa shape index (κ3) is 3.79. The number of aromatic nitrogens is 2. The minimum Gasteiger partial charge on any atom is -0.497 e. The Balaban J connectivity index is 1.66. The molecule has 8 heteroatoms. The van der Waals surface area contributed by atoms with Crippen LogP contribution in [0.4, 0.5) is 5.82 Å². The van der Waals surface area contributed by atoms with Crippen LogP contribution in [0.1, 0.15) is 10.4 Å². The Hall–Kier alpha value is -3.03. The van der Waals surface area contributed by atoms with Gasteiger partial charge in [0, 0.05) is 37.8 Å². The molecule has 8 nitrogen and oxygen atoms in total. The van der Waals surface area contributed by atoms with Crippen LogP contribution in [-0.4, -0.2) is 68.3 Å². The minimum absolute atomic E-state index is 0.0187. The van der Waals surface area contributed by atoms with Crippen molar-refractivity contribution >= 4 is 11.7 Å². The van der Waals surface area contributed by atoms with E-state index in [4.69, 9.17) is 14.2 Å². The number of hydrogen-bond acceptors (Lipinski definition) is 7. The number of rotatable bonds is 5. The molecule has 2 aromatic rings. The zero-order valence-electron chi connectivity index (χ0n) is 15.1. The Morgan fingerprint density at radius 1 is 0.923 bits per heavy atom. The lowest BCUT2D eigenvalue weighted by Crippen LogP contribution is -2.49. The van der Waals surface area contributed by atoms with Gasteiger partial charge in [-0.1, -0.05) is 0 Å². The van der Waals surface area contributed by atoms with Crippen LogP contribution >= 0.6 is 0 Å². The molecule has 0 spiro atoms. The summed E-state index contributed by atoms with van der Waals surface area (Å²) in [7, 11) is 4.67. The predicted octanol–water partition coefficient (Wildman–Crippen LogP) is 1.46. The van der Waals surface area contributed by atoms with Crippen LogP contribution in [0.15, 0.2) is 30.3 Å². The summed E-state index contributed by atoms with van der Waals surface area (Å²) >= 11 is 0. The van der Waals surface area contributed by atoms with E-state index in [-0.39, 0.29) is 11.9 Å². The molecule has 1 saturated heterocycles. The molecule has 1 fully saturated rings. The fourth-order valence-corrected chi connectivity index (χ4v) is 2.80. The number of carbonyl (C=O) groups is 1. The van der Waals surface area contributed by atoms with Crippen LogP contribution in [0.2, 0.25) is 0 Å². The average molecular weight is 358 g/mol. The van der Waals surface area contributed by atoms with Crippen molar-refractivity contribution in [3.05, 3.63) is 35.9 Å². The molecule has 1 aliphatic heterocycles. The smallest absolute Gasteiger partial charge is 0.321 e. The largest absolute Gasteiger partial charge is 0.497 e. The van der Waals surface area contributed by atoms with Gasteiger partial charge < -0.3 is 24.0 Å². The molecule has 2 heterocycles. The van der Waals surface area contributed by atoms with Crippen LogP contribution in [-0.2, 0) is 0 Å². The van der Waals surface area contributed by atoms with E-state index >= 15 is 0 Å². The van der Waals surface area contributed by atoms with E-state index in [1.54, 1.807) is 44.6 Å². The lowest BCUT2D eigenvalue weighted by molar-refractivity contribution is 0.0746. The SMILES string of the molecule is COc1ccc(C(=O)N2CCN(c3cc(OC)nc(OC)n3)CC2)cc1. The predicted molar refractivity (Wildman–Crippen MR) is 96.2 cm³/mol. The molecule has 0 unspecified atom stereocenters. The van der Waals surface area contributed by atoms with E-state index < -0.39 is 0 Å². The first-order valence-corrected chi connectivity index (χ1v) is 8.30. The summed E-state index contributed by atoms with van der Waals surface area (Å²) in [4.78, 5) is 25.0. The second-order valence-corrected chi connectivity index (χ2v) is 5.76. The standard InChI is InChI=1S/C18H22N4O4/c1-24-14-6-4-13(5-7-14)17(23)22-10-8-21(9-11-22)15-12-16(25-2)20-18(19-15)26-3/h4-7,12H,8-11H2,1-3H3. The van der Waals surface area contributed by atoms with Gasteiger partial charge in [0.25, 0.3) is 5.91 Å². The van der Waals surface area contributed by atoms with Crippen molar-refractivity contribution in [2.75, 3.05) is 52.4 Å². The van der Waals surface area contributed by atoms with Gasteiger partial charge in [-0.25, -0.2) is 0 Å². The number of ether oxygens (including phenoxy) is 3. The second-order valence-electron chi connectivity index (χ2n) is 5.76. The molecule has 0 aliphatic carbocycles. The number of methoxy groups -OCH3 is 3. The first-order valence-electron chi connectivity index (χ1n) is 8.30. The summed E-state index contributed by atoms with van der Waals surface area (Å²) in [5.41, 5.74) is 0.657. The highest BCUT2D eigenvalue weighted by Gasteiger charge is 2.23.